The molecule has 0 aromatic carbocycles. The molecule has 0 saturated carbocycles. The Labute approximate surface area is 75.5 Å². The van der Waals surface area contributed by atoms with Crippen LogP contribution in [0.25, 0.3) is 0 Å². The summed E-state index contributed by atoms with van der Waals surface area (Å²) >= 11 is 0. The molecule has 0 amide bonds. The molecule has 0 saturated heterocycles. The van der Waals surface area contributed by atoms with Gasteiger partial charge in [-0.15, -0.1) is 0 Å². The highest BCUT2D eigenvalue weighted by atomic mass is 16.5. The molecule has 0 fully saturated rings. The summed E-state index contributed by atoms with van der Waals surface area (Å²) in [6, 6.07) is 3.12. The number of ether oxygens (including phenoxy) is 1. The van der Waals surface area contributed by atoms with Gasteiger partial charge >= 0.3 is 5.97 Å². The minimum atomic E-state index is -0.526. The van der Waals surface area contributed by atoms with Crippen LogP contribution in [0.2, 0.25) is 0 Å². The summed E-state index contributed by atoms with van der Waals surface area (Å²) < 4.78 is 4.37. The molecule has 4 nitrogen and oxygen atoms in total. The van der Waals surface area contributed by atoms with Gasteiger partial charge in [-0.25, -0.2) is 0 Å². The van der Waals surface area contributed by atoms with E-state index in [1.807, 2.05) is 0 Å². The SMILES string of the molecule is COC(=O)CC(=O)c1ccncc1. The number of hydrogen-bond donors (Lipinski definition) is 0. The lowest BCUT2D eigenvalue weighted by Crippen LogP contribution is -2.09. The van der Waals surface area contributed by atoms with Crippen LogP contribution >= 0.6 is 0 Å². The molecule has 1 rings (SSSR count). The zero-order valence-corrected chi connectivity index (χ0v) is 7.19. The van der Waals surface area contributed by atoms with Crippen LogP contribution in [0.4, 0.5) is 0 Å². The molecule has 0 aliphatic heterocycles. The Balaban J connectivity index is 2.65. The smallest absolute Gasteiger partial charge is 0.313 e. The Morgan fingerprint density at radius 2 is 2.00 bits per heavy atom. The Hall–Kier alpha value is -1.71. The van der Waals surface area contributed by atoms with E-state index in [0.717, 1.165) is 0 Å². The van der Waals surface area contributed by atoms with E-state index in [0.29, 0.717) is 5.56 Å². The quantitative estimate of drug-likeness (QED) is 0.391. The minimum absolute atomic E-state index is 0.222. The molecule has 0 atom stereocenters. The van der Waals surface area contributed by atoms with Gasteiger partial charge in [0, 0.05) is 18.0 Å². The van der Waals surface area contributed by atoms with Gasteiger partial charge in [0.1, 0.15) is 6.42 Å². The molecule has 68 valence electrons. The summed E-state index contributed by atoms with van der Waals surface area (Å²) in [6.45, 7) is 0. The molecule has 0 radical (unpaired) electrons. The minimum Gasteiger partial charge on any atom is -0.469 e. The van der Waals surface area contributed by atoms with Gasteiger partial charge in [0.15, 0.2) is 5.78 Å². The van der Waals surface area contributed by atoms with Crippen LogP contribution in [-0.4, -0.2) is 23.8 Å². The van der Waals surface area contributed by atoms with Crippen molar-refractivity contribution >= 4 is 11.8 Å². The lowest BCUT2D eigenvalue weighted by Gasteiger charge is -1.98. The first-order valence-electron chi connectivity index (χ1n) is 3.74. The van der Waals surface area contributed by atoms with Crippen LogP contribution in [0.5, 0.6) is 0 Å². The van der Waals surface area contributed by atoms with Crippen molar-refractivity contribution < 1.29 is 14.3 Å². The van der Waals surface area contributed by atoms with Gasteiger partial charge in [-0.3, -0.25) is 14.6 Å². The molecular formula is C9H9NO3. The Morgan fingerprint density at radius 1 is 1.38 bits per heavy atom. The zero-order chi connectivity index (χ0) is 9.68. The third-order valence-electron chi connectivity index (χ3n) is 1.53. The van der Waals surface area contributed by atoms with E-state index < -0.39 is 5.97 Å². The predicted molar refractivity (Wildman–Crippen MR) is 45.2 cm³/mol. The summed E-state index contributed by atoms with van der Waals surface area (Å²) in [5.74, 6) is -0.781. The first-order valence-corrected chi connectivity index (χ1v) is 3.74. The van der Waals surface area contributed by atoms with Gasteiger partial charge in [0.05, 0.1) is 7.11 Å². The van der Waals surface area contributed by atoms with Crippen molar-refractivity contribution in [3.05, 3.63) is 30.1 Å². The number of Topliss-reactive ketones (excluding diaryl/α,β-unsaturated/α-hetero) is 1. The number of esters is 1. The molecule has 0 N–H and O–H groups in total. The average molecular weight is 179 g/mol. The first kappa shape index (κ1) is 9.38. The predicted octanol–water partition coefficient (Wildman–Crippen LogP) is 0.827. The second kappa shape index (κ2) is 4.35. The normalized spacial score (nSPS) is 9.31. The molecule has 0 spiro atoms. The number of nitrogens with zero attached hydrogens (tertiary/aromatic N) is 1. The Bertz CT molecular complexity index is 308. The fraction of sp³-hybridized carbons (Fsp3) is 0.222. The molecular weight excluding hydrogens is 170 g/mol. The van der Waals surface area contributed by atoms with Gasteiger partial charge < -0.3 is 4.74 Å². The highest BCUT2D eigenvalue weighted by Gasteiger charge is 2.10. The van der Waals surface area contributed by atoms with Gasteiger partial charge in [-0.1, -0.05) is 0 Å². The van der Waals surface area contributed by atoms with E-state index >= 15 is 0 Å². The highest BCUT2D eigenvalue weighted by molar-refractivity contribution is 6.05. The van der Waals surface area contributed by atoms with E-state index in [1.54, 1.807) is 12.1 Å². The number of rotatable bonds is 3. The second-order valence-corrected chi connectivity index (χ2v) is 2.41. The summed E-state index contributed by atoms with van der Waals surface area (Å²) in [6.07, 6.45) is 2.79. The van der Waals surface area contributed by atoms with E-state index in [1.165, 1.54) is 19.5 Å². The number of hydrogen-bond acceptors (Lipinski definition) is 4. The molecule has 0 aliphatic rings. The van der Waals surface area contributed by atoms with Crippen molar-refractivity contribution in [3.63, 3.8) is 0 Å². The van der Waals surface area contributed by atoms with Crippen LogP contribution in [0.15, 0.2) is 24.5 Å². The molecule has 0 unspecified atom stereocenters. The number of methoxy groups -OCH3 is 1. The number of aromatic nitrogens is 1. The van der Waals surface area contributed by atoms with Crippen molar-refractivity contribution in [3.8, 4) is 0 Å². The van der Waals surface area contributed by atoms with E-state index in [4.69, 9.17) is 0 Å². The van der Waals surface area contributed by atoms with E-state index in [-0.39, 0.29) is 12.2 Å². The highest BCUT2D eigenvalue weighted by Crippen LogP contribution is 2.01. The van der Waals surface area contributed by atoms with Crippen LogP contribution < -0.4 is 0 Å². The molecule has 0 aliphatic carbocycles. The summed E-state index contributed by atoms with van der Waals surface area (Å²) in [5, 5.41) is 0. The van der Waals surface area contributed by atoms with Gasteiger partial charge in [-0.05, 0) is 12.1 Å². The average Bonchev–Trinajstić information content (AvgIpc) is 2.19. The standard InChI is InChI=1S/C9H9NO3/c1-13-9(12)6-8(11)7-2-4-10-5-3-7/h2-5H,6H2,1H3. The number of carbonyl (C=O) groups is 2. The molecule has 13 heavy (non-hydrogen) atoms. The van der Waals surface area contributed by atoms with Crippen LogP contribution in [0.3, 0.4) is 0 Å². The monoisotopic (exact) mass is 179 g/mol. The lowest BCUT2D eigenvalue weighted by molar-refractivity contribution is -0.139. The number of pyridine rings is 1. The van der Waals surface area contributed by atoms with E-state index in [9.17, 15) is 9.59 Å². The van der Waals surface area contributed by atoms with Gasteiger partial charge in [0.2, 0.25) is 0 Å². The zero-order valence-electron chi connectivity index (χ0n) is 7.19. The topological polar surface area (TPSA) is 56.3 Å². The third-order valence-corrected chi connectivity index (χ3v) is 1.53. The third kappa shape index (κ3) is 2.66. The summed E-state index contributed by atoms with van der Waals surface area (Å²) in [4.78, 5) is 25.8. The lowest BCUT2D eigenvalue weighted by atomic mass is 10.1. The Kier molecular flexibility index (Phi) is 3.14. The summed E-state index contributed by atoms with van der Waals surface area (Å²) in [7, 11) is 1.25. The largest absolute Gasteiger partial charge is 0.469 e. The van der Waals surface area contributed by atoms with Crippen molar-refractivity contribution in [2.75, 3.05) is 7.11 Å². The maximum Gasteiger partial charge on any atom is 0.313 e. The Morgan fingerprint density at radius 3 is 2.54 bits per heavy atom. The number of carbonyl (C=O) groups excluding carboxylic acids is 2. The van der Waals surface area contributed by atoms with Gasteiger partial charge in [0.25, 0.3) is 0 Å². The van der Waals surface area contributed by atoms with Crippen LogP contribution in [0, 0.1) is 0 Å². The number of ketones is 1. The maximum absolute atomic E-state index is 11.3. The van der Waals surface area contributed by atoms with Crippen molar-refractivity contribution in [1.29, 1.82) is 0 Å². The fourth-order valence-corrected chi connectivity index (χ4v) is 0.843. The molecule has 1 aromatic rings. The molecule has 1 aromatic heterocycles. The van der Waals surface area contributed by atoms with Crippen LogP contribution in [0.1, 0.15) is 16.8 Å². The second-order valence-electron chi connectivity index (χ2n) is 2.41. The molecule has 1 heterocycles. The summed E-state index contributed by atoms with van der Waals surface area (Å²) in [5.41, 5.74) is 0.473. The fourth-order valence-electron chi connectivity index (χ4n) is 0.843. The first-order chi connectivity index (χ1) is 6.24. The van der Waals surface area contributed by atoms with Crippen molar-refractivity contribution in [2.24, 2.45) is 0 Å². The van der Waals surface area contributed by atoms with Crippen LogP contribution in [-0.2, 0) is 9.53 Å². The molecule has 4 heteroatoms. The van der Waals surface area contributed by atoms with Gasteiger partial charge in [-0.2, -0.15) is 0 Å². The van der Waals surface area contributed by atoms with Crippen molar-refractivity contribution in [1.82, 2.24) is 4.98 Å². The van der Waals surface area contributed by atoms with E-state index in [2.05, 4.69) is 9.72 Å². The maximum atomic E-state index is 11.3. The van der Waals surface area contributed by atoms with Crippen molar-refractivity contribution in [2.45, 2.75) is 6.42 Å². The molecule has 0 bridgehead atoms.